The van der Waals surface area contributed by atoms with Gasteiger partial charge in [-0.2, -0.15) is 0 Å². The Morgan fingerprint density at radius 1 is 1.14 bits per heavy atom. The van der Waals surface area contributed by atoms with Crippen molar-refractivity contribution in [1.29, 1.82) is 0 Å². The molecule has 1 aliphatic heterocycles. The molecule has 2 N–H and O–H groups in total. The number of aryl methyl sites for hydroxylation is 1. The molecule has 0 spiro atoms. The third-order valence-electron chi connectivity index (χ3n) is 5.58. The van der Waals surface area contributed by atoms with Crippen LogP contribution < -0.4 is 4.74 Å². The molecule has 1 fully saturated rings. The highest BCUT2D eigenvalue weighted by Crippen LogP contribution is 2.37. The highest BCUT2D eigenvalue weighted by atomic mass is 16.5. The van der Waals surface area contributed by atoms with Gasteiger partial charge in [0, 0.05) is 42.0 Å². The van der Waals surface area contributed by atoms with E-state index in [2.05, 4.69) is 48.0 Å². The lowest BCUT2D eigenvalue weighted by atomic mass is 9.95. The lowest BCUT2D eigenvalue weighted by Crippen LogP contribution is -2.33. The van der Waals surface area contributed by atoms with E-state index in [9.17, 15) is 10.2 Å². The molecule has 2 heterocycles. The third-order valence-corrected chi connectivity index (χ3v) is 5.58. The summed E-state index contributed by atoms with van der Waals surface area (Å²) in [5.41, 5.74) is 4.60. The van der Waals surface area contributed by atoms with Gasteiger partial charge < -0.3 is 24.3 Å². The van der Waals surface area contributed by atoms with Gasteiger partial charge in [0.1, 0.15) is 5.75 Å². The number of rotatable bonds is 6. The summed E-state index contributed by atoms with van der Waals surface area (Å²) in [6.45, 7) is 5.39. The van der Waals surface area contributed by atoms with Crippen molar-refractivity contribution in [3.63, 3.8) is 0 Å². The Balaban J connectivity index is 1.68. The molecule has 5 heteroatoms. The lowest BCUT2D eigenvalue weighted by molar-refractivity contribution is -0.113. The molecule has 0 aliphatic carbocycles. The van der Waals surface area contributed by atoms with Gasteiger partial charge in [-0.1, -0.05) is 23.8 Å². The third kappa shape index (κ3) is 4.32. The van der Waals surface area contributed by atoms with Crippen molar-refractivity contribution in [1.82, 2.24) is 4.57 Å². The van der Waals surface area contributed by atoms with Crippen LogP contribution in [0.1, 0.15) is 42.6 Å². The van der Waals surface area contributed by atoms with Crippen molar-refractivity contribution in [3.05, 3.63) is 65.4 Å². The first-order chi connectivity index (χ1) is 14.1. The number of aliphatic hydroxyl groups is 2. The van der Waals surface area contributed by atoms with Crippen LogP contribution in [-0.2, 0) is 11.3 Å². The second-order valence-corrected chi connectivity index (χ2v) is 7.86. The minimum Gasteiger partial charge on any atom is -0.494 e. The lowest BCUT2D eigenvalue weighted by Gasteiger charge is -2.32. The first-order valence-electron chi connectivity index (χ1n) is 10.3. The van der Waals surface area contributed by atoms with E-state index in [1.54, 1.807) is 0 Å². The molecule has 5 nitrogen and oxygen atoms in total. The number of fused-ring (bicyclic) bond motifs is 1. The van der Waals surface area contributed by atoms with Crippen molar-refractivity contribution in [2.45, 2.75) is 51.5 Å². The highest BCUT2D eigenvalue weighted by Gasteiger charge is 2.31. The van der Waals surface area contributed by atoms with Crippen molar-refractivity contribution < 1.29 is 19.7 Å². The first kappa shape index (κ1) is 20.0. The molecular weight excluding hydrogens is 366 g/mol. The van der Waals surface area contributed by atoms with Gasteiger partial charge in [-0.15, -0.1) is 0 Å². The number of nitrogens with zero attached hydrogens (tertiary/aromatic N) is 1. The molecular formula is C24H29NO4. The van der Waals surface area contributed by atoms with Crippen LogP contribution in [0.2, 0.25) is 0 Å². The first-order valence-corrected chi connectivity index (χ1v) is 10.3. The summed E-state index contributed by atoms with van der Waals surface area (Å²) in [6, 6.07) is 14.6. The zero-order valence-electron chi connectivity index (χ0n) is 17.0. The van der Waals surface area contributed by atoms with Gasteiger partial charge in [0.15, 0.2) is 0 Å². The van der Waals surface area contributed by atoms with Crippen LogP contribution in [0.15, 0.2) is 48.7 Å². The SMILES string of the molecule is CCOc1ccc(Cn2cc([C@H]3C[C@@H](O)C[C@@H](CO)O3)c3cc(C)ccc32)cc1. The van der Waals surface area contributed by atoms with Gasteiger partial charge in [-0.25, -0.2) is 0 Å². The van der Waals surface area contributed by atoms with E-state index in [1.165, 1.54) is 11.1 Å². The summed E-state index contributed by atoms with van der Waals surface area (Å²) in [4.78, 5) is 0. The Morgan fingerprint density at radius 2 is 1.93 bits per heavy atom. The summed E-state index contributed by atoms with van der Waals surface area (Å²) in [5, 5.41) is 21.0. The van der Waals surface area contributed by atoms with Crippen LogP contribution in [0.25, 0.3) is 10.9 Å². The van der Waals surface area contributed by atoms with Gasteiger partial charge in [-0.05, 0) is 43.7 Å². The molecule has 1 aliphatic rings. The summed E-state index contributed by atoms with van der Waals surface area (Å²) in [7, 11) is 0. The van der Waals surface area contributed by atoms with Crippen molar-refractivity contribution in [2.75, 3.05) is 13.2 Å². The number of hydrogen-bond acceptors (Lipinski definition) is 4. The van der Waals surface area contributed by atoms with E-state index >= 15 is 0 Å². The number of ether oxygens (including phenoxy) is 2. The molecule has 0 bridgehead atoms. The highest BCUT2D eigenvalue weighted by molar-refractivity contribution is 5.85. The maximum absolute atomic E-state index is 10.3. The zero-order valence-corrected chi connectivity index (χ0v) is 17.0. The van der Waals surface area contributed by atoms with Crippen LogP contribution in [0.3, 0.4) is 0 Å². The maximum atomic E-state index is 10.3. The van der Waals surface area contributed by atoms with Crippen LogP contribution in [0.4, 0.5) is 0 Å². The van der Waals surface area contributed by atoms with Crippen molar-refractivity contribution in [3.8, 4) is 5.75 Å². The normalized spacial score (nSPS) is 22.1. The summed E-state index contributed by atoms with van der Waals surface area (Å²) < 4.78 is 13.9. The van der Waals surface area contributed by atoms with Crippen molar-refractivity contribution >= 4 is 10.9 Å². The maximum Gasteiger partial charge on any atom is 0.119 e. The van der Waals surface area contributed by atoms with Crippen LogP contribution in [0, 0.1) is 6.92 Å². The zero-order chi connectivity index (χ0) is 20.4. The Hall–Kier alpha value is -2.34. The molecule has 0 radical (unpaired) electrons. The van der Waals surface area contributed by atoms with E-state index < -0.39 is 6.10 Å². The Bertz CT molecular complexity index is 963. The van der Waals surface area contributed by atoms with Gasteiger partial charge in [-0.3, -0.25) is 0 Å². The fraction of sp³-hybridized carbons (Fsp3) is 0.417. The average molecular weight is 395 g/mol. The molecule has 0 unspecified atom stereocenters. The Kier molecular flexibility index (Phi) is 5.90. The fourth-order valence-corrected chi connectivity index (χ4v) is 4.19. The molecule has 0 amide bonds. The number of benzene rings is 2. The van der Waals surface area contributed by atoms with Crippen LogP contribution >= 0.6 is 0 Å². The van der Waals surface area contributed by atoms with E-state index in [-0.39, 0.29) is 18.8 Å². The molecule has 1 aromatic heterocycles. The standard InChI is InChI=1S/C24H29NO4/c1-3-28-19-7-5-17(6-8-19)13-25-14-22(21-10-16(2)4-9-23(21)25)24-12-18(27)11-20(15-26)29-24/h4-10,14,18,20,24,26-27H,3,11-13,15H2,1-2H3/t18-,20-,24+/m0/s1. The molecule has 3 aromatic rings. The monoisotopic (exact) mass is 395 g/mol. The molecule has 29 heavy (non-hydrogen) atoms. The van der Waals surface area contributed by atoms with Crippen molar-refractivity contribution in [2.24, 2.45) is 0 Å². The quantitative estimate of drug-likeness (QED) is 0.663. The largest absolute Gasteiger partial charge is 0.494 e. The molecule has 2 aromatic carbocycles. The second kappa shape index (κ2) is 8.57. The van der Waals surface area contributed by atoms with E-state index in [1.807, 2.05) is 19.1 Å². The smallest absolute Gasteiger partial charge is 0.119 e. The van der Waals surface area contributed by atoms with Crippen LogP contribution in [-0.4, -0.2) is 40.2 Å². The molecule has 0 saturated carbocycles. The predicted octanol–water partition coefficient (Wildman–Crippen LogP) is 3.97. The minimum atomic E-state index is -0.458. The number of hydrogen-bond donors (Lipinski definition) is 2. The molecule has 4 rings (SSSR count). The molecule has 154 valence electrons. The van der Waals surface area contributed by atoms with Gasteiger partial charge >= 0.3 is 0 Å². The molecule has 3 atom stereocenters. The van der Waals surface area contributed by atoms with Gasteiger partial charge in [0.25, 0.3) is 0 Å². The predicted molar refractivity (Wildman–Crippen MR) is 113 cm³/mol. The Morgan fingerprint density at radius 3 is 2.66 bits per heavy atom. The fourth-order valence-electron chi connectivity index (χ4n) is 4.19. The van der Waals surface area contributed by atoms with Gasteiger partial charge in [0.05, 0.1) is 31.5 Å². The number of aliphatic hydroxyl groups excluding tert-OH is 2. The van der Waals surface area contributed by atoms with E-state index in [0.717, 1.165) is 28.8 Å². The molecule has 1 saturated heterocycles. The topological polar surface area (TPSA) is 63.9 Å². The summed E-state index contributed by atoms with van der Waals surface area (Å²) in [5.74, 6) is 0.879. The minimum absolute atomic E-state index is 0.0720. The summed E-state index contributed by atoms with van der Waals surface area (Å²) in [6.07, 6.45) is 2.17. The summed E-state index contributed by atoms with van der Waals surface area (Å²) >= 11 is 0. The second-order valence-electron chi connectivity index (χ2n) is 7.86. The average Bonchev–Trinajstić information content (AvgIpc) is 3.06. The van der Waals surface area contributed by atoms with E-state index in [4.69, 9.17) is 9.47 Å². The number of aromatic nitrogens is 1. The van der Waals surface area contributed by atoms with E-state index in [0.29, 0.717) is 19.4 Å². The Labute approximate surface area is 171 Å². The van der Waals surface area contributed by atoms with Gasteiger partial charge in [0.2, 0.25) is 0 Å². The van der Waals surface area contributed by atoms with Crippen LogP contribution in [0.5, 0.6) is 5.75 Å².